The van der Waals surface area contributed by atoms with Crippen molar-refractivity contribution in [3.8, 4) is 0 Å². The molecule has 6 heteroatoms. The molecule has 2 atom stereocenters. The summed E-state index contributed by atoms with van der Waals surface area (Å²) >= 11 is 0. The van der Waals surface area contributed by atoms with Gasteiger partial charge in [0.2, 0.25) is 0 Å². The minimum absolute atomic E-state index is 0.0112. The lowest BCUT2D eigenvalue weighted by Crippen LogP contribution is -2.57. The molecule has 6 nitrogen and oxygen atoms in total. The van der Waals surface area contributed by atoms with Crippen LogP contribution >= 0.6 is 0 Å². The summed E-state index contributed by atoms with van der Waals surface area (Å²) < 4.78 is 5.06. The number of carbonyl (C=O) groups is 2. The van der Waals surface area contributed by atoms with Gasteiger partial charge in [-0.05, 0) is 31.9 Å². The van der Waals surface area contributed by atoms with Crippen molar-refractivity contribution in [1.29, 1.82) is 0 Å². The van der Waals surface area contributed by atoms with Crippen molar-refractivity contribution >= 4 is 11.9 Å². The quantitative estimate of drug-likeness (QED) is 0.511. The summed E-state index contributed by atoms with van der Waals surface area (Å²) in [5.41, 5.74) is 6.49. The zero-order chi connectivity index (χ0) is 22.1. The molecule has 0 spiro atoms. The number of unbranched alkanes of at least 4 members (excludes halogenated alkanes) is 2. The van der Waals surface area contributed by atoms with Crippen molar-refractivity contribution in [3.05, 3.63) is 47.2 Å². The second-order valence-corrected chi connectivity index (χ2v) is 7.58. The van der Waals surface area contributed by atoms with E-state index in [0.717, 1.165) is 31.2 Å². The third-order valence-electron chi connectivity index (χ3n) is 5.37. The van der Waals surface area contributed by atoms with Crippen LogP contribution in [0.15, 0.2) is 36.0 Å². The highest BCUT2D eigenvalue weighted by atomic mass is 16.5. The molecule has 1 N–H and O–H groups in total. The van der Waals surface area contributed by atoms with Crippen LogP contribution in [0.1, 0.15) is 70.5 Å². The minimum atomic E-state index is -0.349. The number of hydrogen-bond donors (Lipinski definition) is 1. The highest BCUT2D eigenvalue weighted by molar-refractivity contribution is 5.96. The fourth-order valence-corrected chi connectivity index (χ4v) is 3.85. The third kappa shape index (κ3) is 5.85. The van der Waals surface area contributed by atoms with E-state index < -0.39 is 0 Å². The highest BCUT2D eigenvalue weighted by Crippen LogP contribution is 2.32. The first-order valence-corrected chi connectivity index (χ1v) is 11.3. The van der Waals surface area contributed by atoms with Crippen molar-refractivity contribution in [2.75, 3.05) is 19.7 Å². The Bertz CT molecular complexity index is 730. The first-order valence-electron chi connectivity index (χ1n) is 11.3. The van der Waals surface area contributed by atoms with E-state index in [1.807, 2.05) is 24.9 Å². The number of esters is 1. The largest absolute Gasteiger partial charge is 0.465 e. The first kappa shape index (κ1) is 23.9. The van der Waals surface area contributed by atoms with Gasteiger partial charge < -0.3 is 9.64 Å². The van der Waals surface area contributed by atoms with Crippen LogP contribution in [0, 0.1) is 6.92 Å². The summed E-state index contributed by atoms with van der Waals surface area (Å²) in [6, 6.07) is 8.47. The normalized spacial score (nSPS) is 20.3. The van der Waals surface area contributed by atoms with E-state index in [0.29, 0.717) is 18.8 Å². The Morgan fingerprint density at radius 1 is 1.17 bits per heavy atom. The minimum Gasteiger partial charge on any atom is -0.465 e. The Morgan fingerprint density at radius 2 is 1.87 bits per heavy atom. The van der Waals surface area contributed by atoms with Crippen molar-refractivity contribution in [1.82, 2.24) is 15.3 Å². The Balaban J connectivity index is 0.00000155. The Kier molecular flexibility index (Phi) is 9.37. The molecule has 166 valence electrons. The molecule has 1 aromatic carbocycles. The standard InChI is InChI=1S/C22H31N3O3.C2H6/c1-4-6-7-8-18-14-24(15-21(26)28-5-2)22(27)20-13-19(23-25(18)20)17-11-9-16(3)10-12-17;1-2/h9-13,18-19,23H,4-8,14-15H2,1-3H3;1-2H3. The predicted molar refractivity (Wildman–Crippen MR) is 119 cm³/mol. The van der Waals surface area contributed by atoms with E-state index in [2.05, 4.69) is 43.5 Å². The molecule has 2 aliphatic rings. The first-order chi connectivity index (χ1) is 14.5. The molecule has 2 unspecified atom stereocenters. The van der Waals surface area contributed by atoms with Gasteiger partial charge in [-0.3, -0.25) is 14.6 Å². The zero-order valence-electron chi connectivity index (χ0n) is 19.1. The summed E-state index contributed by atoms with van der Waals surface area (Å²) in [6.07, 6.45) is 6.38. The summed E-state index contributed by atoms with van der Waals surface area (Å²) in [7, 11) is 0. The van der Waals surface area contributed by atoms with Gasteiger partial charge in [-0.2, -0.15) is 0 Å². The predicted octanol–water partition coefficient (Wildman–Crippen LogP) is 4.12. The number of nitrogens with zero attached hydrogens (tertiary/aromatic N) is 2. The number of ether oxygens (including phenoxy) is 1. The maximum Gasteiger partial charge on any atom is 0.325 e. The van der Waals surface area contributed by atoms with Crippen LogP contribution < -0.4 is 5.43 Å². The van der Waals surface area contributed by atoms with Crippen molar-refractivity contribution in [3.63, 3.8) is 0 Å². The SMILES string of the molecule is CC.CCCCCC1CN(CC(=O)OCC)C(=O)C2=CC(c3ccc(C)cc3)NN21. The van der Waals surface area contributed by atoms with Crippen molar-refractivity contribution < 1.29 is 14.3 Å². The fraction of sp³-hybridized carbons (Fsp3) is 0.583. The summed E-state index contributed by atoms with van der Waals surface area (Å²) in [6.45, 7) is 10.9. The molecule has 0 aromatic heterocycles. The van der Waals surface area contributed by atoms with Crippen LogP contribution in [0.5, 0.6) is 0 Å². The number of carbonyl (C=O) groups excluding carboxylic acids is 2. The molecular weight excluding hydrogens is 378 g/mol. The summed E-state index contributed by atoms with van der Waals surface area (Å²) in [4.78, 5) is 26.6. The molecule has 0 bridgehead atoms. The van der Waals surface area contributed by atoms with Crippen LogP contribution in [0.3, 0.4) is 0 Å². The summed E-state index contributed by atoms with van der Waals surface area (Å²) in [5.74, 6) is -0.458. The lowest BCUT2D eigenvalue weighted by molar-refractivity contribution is -0.150. The molecule has 3 rings (SSSR count). The monoisotopic (exact) mass is 415 g/mol. The second-order valence-electron chi connectivity index (χ2n) is 7.58. The average Bonchev–Trinajstić information content (AvgIpc) is 3.19. The van der Waals surface area contributed by atoms with Crippen molar-refractivity contribution in [2.24, 2.45) is 0 Å². The van der Waals surface area contributed by atoms with E-state index in [4.69, 9.17) is 4.74 Å². The molecule has 1 saturated heterocycles. The number of piperazine rings is 1. The third-order valence-corrected chi connectivity index (χ3v) is 5.37. The molecule has 0 aliphatic carbocycles. The number of hydrazine groups is 1. The van der Waals surface area contributed by atoms with Gasteiger partial charge in [0.05, 0.1) is 18.7 Å². The number of rotatable bonds is 8. The molecule has 0 radical (unpaired) electrons. The zero-order valence-corrected chi connectivity index (χ0v) is 19.1. The van der Waals surface area contributed by atoms with Gasteiger partial charge in [-0.1, -0.05) is 69.9 Å². The maximum atomic E-state index is 13.0. The Labute approximate surface area is 181 Å². The molecule has 2 heterocycles. The van der Waals surface area contributed by atoms with Gasteiger partial charge >= 0.3 is 5.97 Å². The van der Waals surface area contributed by atoms with E-state index in [1.165, 1.54) is 5.56 Å². The molecular formula is C24H37N3O3. The van der Waals surface area contributed by atoms with Gasteiger partial charge in [0.1, 0.15) is 12.2 Å². The molecule has 30 heavy (non-hydrogen) atoms. The van der Waals surface area contributed by atoms with Gasteiger partial charge in [0, 0.05) is 6.54 Å². The van der Waals surface area contributed by atoms with Crippen LogP contribution in [-0.4, -0.2) is 47.5 Å². The number of amides is 1. The maximum absolute atomic E-state index is 13.0. The van der Waals surface area contributed by atoms with Gasteiger partial charge in [0.25, 0.3) is 5.91 Å². The summed E-state index contributed by atoms with van der Waals surface area (Å²) in [5, 5.41) is 2.03. The fourth-order valence-electron chi connectivity index (χ4n) is 3.85. The van der Waals surface area contributed by atoms with E-state index in [1.54, 1.807) is 11.8 Å². The molecule has 1 aromatic rings. The van der Waals surface area contributed by atoms with Gasteiger partial charge in [-0.15, -0.1) is 0 Å². The van der Waals surface area contributed by atoms with E-state index >= 15 is 0 Å². The molecule has 0 saturated carbocycles. The number of fused-ring (bicyclic) bond motifs is 1. The average molecular weight is 416 g/mol. The topological polar surface area (TPSA) is 61.9 Å². The van der Waals surface area contributed by atoms with E-state index in [-0.39, 0.29) is 30.5 Å². The second kappa shape index (κ2) is 11.7. The number of benzene rings is 1. The van der Waals surface area contributed by atoms with Crippen LogP contribution in [0.25, 0.3) is 0 Å². The van der Waals surface area contributed by atoms with Crippen LogP contribution in [-0.2, 0) is 14.3 Å². The molecule has 1 fully saturated rings. The Hall–Kier alpha value is -2.34. The van der Waals surface area contributed by atoms with E-state index in [9.17, 15) is 9.59 Å². The molecule has 1 amide bonds. The van der Waals surface area contributed by atoms with Crippen LogP contribution in [0.4, 0.5) is 0 Å². The number of hydrogen-bond acceptors (Lipinski definition) is 5. The Morgan fingerprint density at radius 3 is 2.50 bits per heavy atom. The lowest BCUT2D eigenvalue weighted by atomic mass is 10.0. The lowest BCUT2D eigenvalue weighted by Gasteiger charge is -2.41. The van der Waals surface area contributed by atoms with Gasteiger partial charge in [-0.25, -0.2) is 5.43 Å². The van der Waals surface area contributed by atoms with Gasteiger partial charge in [0.15, 0.2) is 0 Å². The van der Waals surface area contributed by atoms with Crippen molar-refractivity contribution in [2.45, 2.75) is 72.4 Å². The van der Waals surface area contributed by atoms with Crippen LogP contribution in [0.2, 0.25) is 0 Å². The number of aryl methyl sites for hydroxylation is 1. The molecule has 2 aliphatic heterocycles. The smallest absolute Gasteiger partial charge is 0.325 e. The number of nitrogens with one attached hydrogen (secondary N) is 1. The highest BCUT2D eigenvalue weighted by Gasteiger charge is 2.41.